The van der Waals surface area contributed by atoms with Crippen LogP contribution in [0.1, 0.15) is 29.1 Å². The fourth-order valence-electron chi connectivity index (χ4n) is 4.03. The van der Waals surface area contributed by atoms with Crippen LogP contribution in [0.3, 0.4) is 0 Å². The van der Waals surface area contributed by atoms with E-state index < -0.39 is 0 Å². The van der Waals surface area contributed by atoms with E-state index in [2.05, 4.69) is 20.6 Å². The number of piperidine rings is 1. The molecule has 1 saturated heterocycles. The number of aryl methyl sites for hydroxylation is 1. The molecule has 1 N–H and O–H groups in total. The van der Waals surface area contributed by atoms with Crippen molar-refractivity contribution in [2.24, 2.45) is 5.92 Å². The molecule has 4 aromatic rings. The average Bonchev–Trinajstić information content (AvgIpc) is 3.57. The van der Waals surface area contributed by atoms with Gasteiger partial charge in [0.25, 0.3) is 5.91 Å². The van der Waals surface area contributed by atoms with E-state index >= 15 is 0 Å². The summed E-state index contributed by atoms with van der Waals surface area (Å²) in [6.07, 6.45) is 2.83. The number of amides is 2. The molecule has 0 unspecified atom stereocenters. The van der Waals surface area contributed by atoms with Gasteiger partial charge in [0.2, 0.25) is 17.6 Å². The van der Waals surface area contributed by atoms with Gasteiger partial charge < -0.3 is 19.3 Å². The van der Waals surface area contributed by atoms with Gasteiger partial charge in [-0.2, -0.15) is 4.98 Å². The summed E-state index contributed by atoms with van der Waals surface area (Å²) in [7, 11) is 0. The molecule has 0 bridgehead atoms. The third kappa shape index (κ3) is 4.59. The largest absolute Gasteiger partial charge is 0.356 e. The first-order valence-electron chi connectivity index (χ1n) is 11.1. The fourth-order valence-corrected chi connectivity index (χ4v) is 4.03. The molecule has 0 atom stereocenters. The SMILES string of the molecule is Cc1nc(-c2ccc(C(=O)N3CCC(C(=O)Nc4ccc(-c5ccno5)cc4)CC3)cc2)no1. The van der Waals surface area contributed by atoms with E-state index in [0.717, 1.165) is 16.8 Å². The van der Waals surface area contributed by atoms with Crippen molar-refractivity contribution in [3.63, 3.8) is 0 Å². The molecular formula is C25H23N5O4. The molecule has 0 radical (unpaired) electrons. The molecule has 0 spiro atoms. The summed E-state index contributed by atoms with van der Waals surface area (Å²) in [5, 5.41) is 10.6. The molecule has 2 aromatic carbocycles. The highest BCUT2D eigenvalue weighted by Crippen LogP contribution is 2.24. The lowest BCUT2D eigenvalue weighted by Gasteiger charge is -2.31. The highest BCUT2D eigenvalue weighted by atomic mass is 16.5. The maximum absolute atomic E-state index is 12.9. The molecule has 0 saturated carbocycles. The van der Waals surface area contributed by atoms with E-state index in [1.807, 2.05) is 36.4 Å². The number of carbonyl (C=O) groups excluding carboxylic acids is 2. The quantitative estimate of drug-likeness (QED) is 0.478. The Labute approximate surface area is 195 Å². The second-order valence-electron chi connectivity index (χ2n) is 8.22. The van der Waals surface area contributed by atoms with Crippen molar-refractivity contribution in [3.8, 4) is 22.7 Å². The summed E-state index contributed by atoms with van der Waals surface area (Å²) in [6.45, 7) is 2.80. The van der Waals surface area contributed by atoms with Gasteiger partial charge in [-0.15, -0.1) is 0 Å². The lowest BCUT2D eigenvalue weighted by molar-refractivity contribution is -0.121. The molecule has 9 heteroatoms. The second-order valence-corrected chi connectivity index (χ2v) is 8.22. The predicted molar refractivity (Wildman–Crippen MR) is 124 cm³/mol. The molecule has 0 aliphatic carbocycles. The molecule has 3 heterocycles. The van der Waals surface area contributed by atoms with Crippen LogP contribution in [0, 0.1) is 12.8 Å². The van der Waals surface area contributed by atoms with Gasteiger partial charge in [0.05, 0.1) is 6.20 Å². The van der Waals surface area contributed by atoms with E-state index in [1.165, 1.54) is 0 Å². The van der Waals surface area contributed by atoms with Crippen molar-refractivity contribution in [2.45, 2.75) is 19.8 Å². The Bertz CT molecular complexity index is 1270. The first kappa shape index (κ1) is 21.6. The molecule has 2 amide bonds. The summed E-state index contributed by atoms with van der Waals surface area (Å²) < 4.78 is 10.1. The molecule has 2 aromatic heterocycles. The van der Waals surface area contributed by atoms with Crippen LogP contribution >= 0.6 is 0 Å². The van der Waals surface area contributed by atoms with Crippen LogP contribution in [0.5, 0.6) is 0 Å². The van der Waals surface area contributed by atoms with Crippen LogP contribution in [0.4, 0.5) is 5.69 Å². The number of hydrogen-bond donors (Lipinski definition) is 1. The minimum atomic E-state index is -0.137. The van der Waals surface area contributed by atoms with Crippen molar-refractivity contribution in [1.29, 1.82) is 0 Å². The van der Waals surface area contributed by atoms with E-state index in [1.54, 1.807) is 36.2 Å². The zero-order valence-corrected chi connectivity index (χ0v) is 18.6. The van der Waals surface area contributed by atoms with Gasteiger partial charge in [-0.3, -0.25) is 9.59 Å². The maximum atomic E-state index is 12.9. The number of rotatable bonds is 5. The third-order valence-corrected chi connectivity index (χ3v) is 5.95. The standard InChI is InChI=1S/C25H23N5O4/c1-16-27-23(29-33-16)18-2-4-20(5-3-18)25(32)30-14-11-19(12-15-30)24(31)28-21-8-6-17(7-9-21)22-10-13-26-34-22/h2-10,13,19H,11-12,14-15H2,1H3,(H,28,31). The number of anilines is 1. The van der Waals surface area contributed by atoms with Gasteiger partial charge in [-0.25, -0.2) is 0 Å². The molecule has 34 heavy (non-hydrogen) atoms. The summed E-state index contributed by atoms with van der Waals surface area (Å²) >= 11 is 0. The van der Waals surface area contributed by atoms with Crippen LogP contribution in [-0.4, -0.2) is 45.1 Å². The number of benzene rings is 2. The van der Waals surface area contributed by atoms with Gasteiger partial charge in [0, 0.05) is 54.4 Å². The molecule has 1 aliphatic rings. The predicted octanol–water partition coefficient (Wildman–Crippen LogP) is 4.19. The number of aromatic nitrogens is 3. The van der Waals surface area contributed by atoms with Crippen LogP contribution in [-0.2, 0) is 4.79 Å². The van der Waals surface area contributed by atoms with E-state index in [0.29, 0.717) is 49.0 Å². The smallest absolute Gasteiger partial charge is 0.253 e. The van der Waals surface area contributed by atoms with Crippen LogP contribution in [0.15, 0.2) is 69.8 Å². The Morgan fingerprint density at radius 3 is 2.26 bits per heavy atom. The Hall–Kier alpha value is -4.27. The first-order chi connectivity index (χ1) is 16.6. The highest BCUT2D eigenvalue weighted by Gasteiger charge is 2.28. The molecular weight excluding hydrogens is 434 g/mol. The summed E-state index contributed by atoms with van der Waals surface area (Å²) in [5.74, 6) is 1.45. The van der Waals surface area contributed by atoms with Crippen LogP contribution in [0.25, 0.3) is 22.7 Å². The fraction of sp³-hybridized carbons (Fsp3) is 0.240. The Morgan fingerprint density at radius 1 is 0.941 bits per heavy atom. The van der Waals surface area contributed by atoms with Gasteiger partial charge in [0.1, 0.15) is 0 Å². The number of nitrogens with one attached hydrogen (secondary N) is 1. The third-order valence-electron chi connectivity index (χ3n) is 5.95. The topological polar surface area (TPSA) is 114 Å². The molecule has 9 nitrogen and oxygen atoms in total. The average molecular weight is 457 g/mol. The second kappa shape index (κ2) is 9.30. The van der Waals surface area contributed by atoms with Crippen molar-refractivity contribution < 1.29 is 18.6 Å². The lowest BCUT2D eigenvalue weighted by Crippen LogP contribution is -2.41. The summed E-state index contributed by atoms with van der Waals surface area (Å²) in [6, 6.07) is 16.4. The normalized spacial score (nSPS) is 14.2. The number of likely N-dealkylation sites (tertiary alicyclic amines) is 1. The minimum Gasteiger partial charge on any atom is -0.356 e. The summed E-state index contributed by atoms with van der Waals surface area (Å²) in [4.78, 5) is 31.6. The van der Waals surface area contributed by atoms with Crippen molar-refractivity contribution >= 4 is 17.5 Å². The molecule has 5 rings (SSSR count). The van der Waals surface area contributed by atoms with Crippen LogP contribution in [0.2, 0.25) is 0 Å². The zero-order valence-electron chi connectivity index (χ0n) is 18.6. The van der Waals surface area contributed by atoms with Crippen LogP contribution < -0.4 is 5.32 Å². The highest BCUT2D eigenvalue weighted by molar-refractivity contribution is 5.95. The number of carbonyl (C=O) groups is 2. The number of hydrogen-bond acceptors (Lipinski definition) is 7. The van der Waals surface area contributed by atoms with Crippen molar-refractivity contribution in [1.82, 2.24) is 20.2 Å². The maximum Gasteiger partial charge on any atom is 0.253 e. The summed E-state index contributed by atoms with van der Waals surface area (Å²) in [5.41, 5.74) is 3.00. The van der Waals surface area contributed by atoms with Gasteiger partial charge in [-0.05, 0) is 49.2 Å². The minimum absolute atomic E-state index is 0.0285. The van der Waals surface area contributed by atoms with E-state index in [-0.39, 0.29) is 17.7 Å². The van der Waals surface area contributed by atoms with Crippen molar-refractivity contribution in [3.05, 3.63) is 72.2 Å². The lowest BCUT2D eigenvalue weighted by atomic mass is 9.95. The Kier molecular flexibility index (Phi) is 5.90. The molecule has 1 aliphatic heterocycles. The van der Waals surface area contributed by atoms with Gasteiger partial charge in [-0.1, -0.05) is 22.4 Å². The zero-order chi connectivity index (χ0) is 23.5. The van der Waals surface area contributed by atoms with Gasteiger partial charge in [0.15, 0.2) is 5.76 Å². The molecule has 172 valence electrons. The first-order valence-corrected chi connectivity index (χ1v) is 11.1. The van der Waals surface area contributed by atoms with E-state index in [9.17, 15) is 9.59 Å². The van der Waals surface area contributed by atoms with Gasteiger partial charge >= 0.3 is 0 Å². The Balaban J connectivity index is 1.14. The molecule has 1 fully saturated rings. The van der Waals surface area contributed by atoms with Crippen molar-refractivity contribution in [2.75, 3.05) is 18.4 Å². The monoisotopic (exact) mass is 457 g/mol. The van der Waals surface area contributed by atoms with E-state index in [4.69, 9.17) is 9.05 Å². The Morgan fingerprint density at radius 2 is 1.65 bits per heavy atom. The number of nitrogens with zero attached hydrogens (tertiary/aromatic N) is 4.